The fraction of sp³-hybridized carbons (Fsp3) is 0.368. The van der Waals surface area contributed by atoms with Crippen LogP contribution in [0, 0.1) is 6.92 Å². The Morgan fingerprint density at radius 2 is 1.73 bits per heavy atom. The lowest BCUT2D eigenvalue weighted by Crippen LogP contribution is -2.36. The molecule has 0 spiro atoms. The van der Waals surface area contributed by atoms with E-state index in [1.54, 1.807) is 29.5 Å². The molecule has 0 atom stereocenters. The Morgan fingerprint density at radius 1 is 1.00 bits per heavy atom. The van der Waals surface area contributed by atoms with E-state index < -0.39 is 0 Å². The SMILES string of the molecule is CCOc1ccc(C(=O)NCC(=O)NCc2ccc(C)s2)cc1OCC. The molecule has 1 aromatic carbocycles. The molecule has 2 aromatic rings. The maximum atomic E-state index is 12.3. The zero-order chi connectivity index (χ0) is 18.9. The Balaban J connectivity index is 1.88. The minimum atomic E-state index is -0.337. The molecular weight excluding hydrogens is 352 g/mol. The normalized spacial score (nSPS) is 10.3. The fourth-order valence-electron chi connectivity index (χ4n) is 2.28. The molecule has 2 rings (SSSR count). The predicted molar refractivity (Wildman–Crippen MR) is 102 cm³/mol. The van der Waals surface area contributed by atoms with E-state index in [4.69, 9.17) is 9.47 Å². The second-order valence-electron chi connectivity index (χ2n) is 5.50. The van der Waals surface area contributed by atoms with Crippen LogP contribution in [0.1, 0.15) is 34.0 Å². The molecule has 2 amide bonds. The number of ether oxygens (including phenoxy) is 2. The molecule has 0 radical (unpaired) electrons. The summed E-state index contributed by atoms with van der Waals surface area (Å²) in [5, 5.41) is 5.41. The van der Waals surface area contributed by atoms with Crippen LogP contribution in [0.4, 0.5) is 0 Å². The quantitative estimate of drug-likeness (QED) is 0.706. The smallest absolute Gasteiger partial charge is 0.251 e. The van der Waals surface area contributed by atoms with Crippen molar-refractivity contribution in [2.75, 3.05) is 19.8 Å². The van der Waals surface area contributed by atoms with E-state index in [2.05, 4.69) is 10.6 Å². The zero-order valence-corrected chi connectivity index (χ0v) is 16.1. The Hall–Kier alpha value is -2.54. The fourth-order valence-corrected chi connectivity index (χ4v) is 3.11. The Bertz CT molecular complexity index is 758. The summed E-state index contributed by atoms with van der Waals surface area (Å²) in [5.74, 6) is 0.533. The van der Waals surface area contributed by atoms with Crippen molar-refractivity contribution in [1.29, 1.82) is 0 Å². The lowest BCUT2D eigenvalue weighted by atomic mass is 10.2. The first-order chi connectivity index (χ1) is 12.5. The van der Waals surface area contributed by atoms with Gasteiger partial charge in [0.05, 0.1) is 26.3 Å². The van der Waals surface area contributed by atoms with E-state index >= 15 is 0 Å². The van der Waals surface area contributed by atoms with E-state index in [1.165, 1.54) is 4.88 Å². The summed E-state index contributed by atoms with van der Waals surface area (Å²) >= 11 is 1.63. The van der Waals surface area contributed by atoms with Gasteiger partial charge in [0, 0.05) is 15.3 Å². The number of nitrogens with one attached hydrogen (secondary N) is 2. The molecule has 7 heteroatoms. The second kappa shape index (κ2) is 9.82. The van der Waals surface area contributed by atoms with E-state index in [-0.39, 0.29) is 18.4 Å². The number of thiophene rings is 1. The molecule has 0 aliphatic carbocycles. The summed E-state index contributed by atoms with van der Waals surface area (Å²) in [6, 6.07) is 8.96. The van der Waals surface area contributed by atoms with E-state index in [1.807, 2.05) is 32.9 Å². The molecule has 26 heavy (non-hydrogen) atoms. The molecule has 0 saturated carbocycles. The van der Waals surface area contributed by atoms with Gasteiger partial charge in [-0.15, -0.1) is 11.3 Å². The highest BCUT2D eigenvalue weighted by molar-refractivity contribution is 7.11. The van der Waals surface area contributed by atoms with Crippen molar-refractivity contribution in [3.05, 3.63) is 45.6 Å². The summed E-state index contributed by atoms with van der Waals surface area (Å²) in [4.78, 5) is 26.4. The van der Waals surface area contributed by atoms with Crippen LogP contribution in [0.2, 0.25) is 0 Å². The lowest BCUT2D eigenvalue weighted by molar-refractivity contribution is -0.120. The number of carbonyl (C=O) groups is 2. The molecule has 1 aromatic heterocycles. The van der Waals surface area contributed by atoms with Crippen LogP contribution >= 0.6 is 11.3 Å². The van der Waals surface area contributed by atoms with Crippen LogP contribution in [0.3, 0.4) is 0 Å². The van der Waals surface area contributed by atoms with E-state index in [9.17, 15) is 9.59 Å². The largest absolute Gasteiger partial charge is 0.490 e. The van der Waals surface area contributed by atoms with Crippen molar-refractivity contribution in [1.82, 2.24) is 10.6 Å². The standard InChI is InChI=1S/C19H24N2O4S/c1-4-24-16-9-7-14(10-17(16)25-5-2)19(23)21-12-18(22)20-11-15-8-6-13(3)26-15/h6-10H,4-5,11-12H2,1-3H3,(H,20,22)(H,21,23). The summed E-state index contributed by atoms with van der Waals surface area (Å²) in [6.45, 7) is 7.12. The Morgan fingerprint density at radius 3 is 2.38 bits per heavy atom. The van der Waals surface area contributed by atoms with E-state index in [0.717, 1.165) is 4.88 Å². The van der Waals surface area contributed by atoms with Crippen molar-refractivity contribution in [3.8, 4) is 11.5 Å². The molecule has 1 heterocycles. The first-order valence-electron chi connectivity index (χ1n) is 8.53. The number of aryl methyl sites for hydroxylation is 1. The Labute approximate surface area is 157 Å². The third-order valence-corrected chi connectivity index (χ3v) is 4.47. The molecule has 0 aliphatic rings. The lowest BCUT2D eigenvalue weighted by Gasteiger charge is -2.12. The molecular formula is C19H24N2O4S. The third kappa shape index (κ3) is 5.77. The minimum Gasteiger partial charge on any atom is -0.490 e. The van der Waals surface area contributed by atoms with Crippen molar-refractivity contribution < 1.29 is 19.1 Å². The van der Waals surface area contributed by atoms with Crippen LogP contribution in [0.15, 0.2) is 30.3 Å². The molecule has 140 valence electrons. The molecule has 0 bridgehead atoms. The van der Waals surface area contributed by atoms with Crippen molar-refractivity contribution >= 4 is 23.2 Å². The summed E-state index contributed by atoms with van der Waals surface area (Å²) in [6.07, 6.45) is 0. The third-order valence-electron chi connectivity index (χ3n) is 3.47. The monoisotopic (exact) mass is 376 g/mol. The van der Waals surface area contributed by atoms with Gasteiger partial charge < -0.3 is 20.1 Å². The number of rotatable bonds is 9. The first-order valence-corrected chi connectivity index (χ1v) is 9.35. The number of benzene rings is 1. The van der Waals surface area contributed by atoms with Gasteiger partial charge in [-0.3, -0.25) is 9.59 Å². The van der Waals surface area contributed by atoms with Crippen molar-refractivity contribution in [2.24, 2.45) is 0 Å². The van der Waals surface area contributed by atoms with Crippen molar-refractivity contribution in [3.63, 3.8) is 0 Å². The highest BCUT2D eigenvalue weighted by Gasteiger charge is 2.12. The first kappa shape index (κ1) is 19.8. The molecule has 0 saturated heterocycles. The van der Waals surface area contributed by atoms with Gasteiger partial charge in [-0.05, 0) is 51.1 Å². The second-order valence-corrected chi connectivity index (χ2v) is 6.87. The molecule has 0 unspecified atom stereocenters. The number of hydrogen-bond acceptors (Lipinski definition) is 5. The molecule has 0 fully saturated rings. The minimum absolute atomic E-state index is 0.0830. The molecule has 0 aliphatic heterocycles. The van der Waals surface area contributed by atoms with Crippen LogP contribution in [0.5, 0.6) is 11.5 Å². The number of amides is 2. The summed E-state index contributed by atoms with van der Waals surface area (Å²) in [5.41, 5.74) is 0.415. The number of hydrogen-bond donors (Lipinski definition) is 2. The maximum Gasteiger partial charge on any atom is 0.251 e. The van der Waals surface area contributed by atoms with Crippen LogP contribution in [0.25, 0.3) is 0 Å². The molecule has 2 N–H and O–H groups in total. The van der Waals surface area contributed by atoms with Gasteiger partial charge in [0.2, 0.25) is 5.91 Å². The van der Waals surface area contributed by atoms with Crippen LogP contribution in [-0.2, 0) is 11.3 Å². The van der Waals surface area contributed by atoms with Gasteiger partial charge in [-0.2, -0.15) is 0 Å². The van der Waals surface area contributed by atoms with E-state index in [0.29, 0.717) is 36.8 Å². The van der Waals surface area contributed by atoms with Gasteiger partial charge in [0.15, 0.2) is 11.5 Å². The van der Waals surface area contributed by atoms with Crippen LogP contribution in [-0.4, -0.2) is 31.6 Å². The topological polar surface area (TPSA) is 76.7 Å². The van der Waals surface area contributed by atoms with Crippen molar-refractivity contribution in [2.45, 2.75) is 27.3 Å². The average Bonchev–Trinajstić information content (AvgIpc) is 3.05. The predicted octanol–water partition coefficient (Wildman–Crippen LogP) is 2.90. The Kier molecular flexibility index (Phi) is 7.47. The summed E-state index contributed by atoms with van der Waals surface area (Å²) in [7, 11) is 0. The van der Waals surface area contributed by atoms with Gasteiger partial charge >= 0.3 is 0 Å². The maximum absolute atomic E-state index is 12.3. The average molecular weight is 376 g/mol. The van der Waals surface area contributed by atoms with Gasteiger partial charge in [-0.1, -0.05) is 0 Å². The van der Waals surface area contributed by atoms with Gasteiger partial charge in [0.1, 0.15) is 0 Å². The van der Waals surface area contributed by atoms with Crippen LogP contribution < -0.4 is 20.1 Å². The highest BCUT2D eigenvalue weighted by atomic mass is 32.1. The number of carbonyl (C=O) groups excluding carboxylic acids is 2. The summed E-state index contributed by atoms with van der Waals surface area (Å²) < 4.78 is 11.0. The van der Waals surface area contributed by atoms with Gasteiger partial charge in [0.25, 0.3) is 5.91 Å². The highest BCUT2D eigenvalue weighted by Crippen LogP contribution is 2.28. The van der Waals surface area contributed by atoms with Gasteiger partial charge in [-0.25, -0.2) is 0 Å². The zero-order valence-electron chi connectivity index (χ0n) is 15.3. The molecule has 6 nitrogen and oxygen atoms in total.